The van der Waals surface area contributed by atoms with Crippen molar-refractivity contribution in [3.8, 4) is 0 Å². The first-order chi connectivity index (χ1) is 11.6. The summed E-state index contributed by atoms with van der Waals surface area (Å²) in [6.45, 7) is 2.01. The first-order valence-electron chi connectivity index (χ1n) is 7.85. The minimum atomic E-state index is -0.283. The van der Waals surface area contributed by atoms with Gasteiger partial charge in [-0.2, -0.15) is 0 Å². The van der Waals surface area contributed by atoms with E-state index in [4.69, 9.17) is 0 Å². The Kier molecular flexibility index (Phi) is 5.24. The largest absolute Gasteiger partial charge is 0.324 e. The van der Waals surface area contributed by atoms with Crippen molar-refractivity contribution in [1.29, 1.82) is 0 Å². The molecule has 0 radical (unpaired) electrons. The number of benzene rings is 1. The molecule has 1 aromatic heterocycles. The Morgan fingerprint density at radius 2 is 1.88 bits per heavy atom. The third-order valence-corrected chi connectivity index (χ3v) is 4.66. The lowest BCUT2D eigenvalue weighted by atomic mass is 10.1. The van der Waals surface area contributed by atoms with E-state index in [1.807, 2.05) is 36.6 Å². The molecule has 2 heterocycles. The summed E-state index contributed by atoms with van der Waals surface area (Å²) < 4.78 is 0. The SMILES string of the molecule is CC1CC(C(=O)Nc2ccccc2NC(=O)Cc2cccs2)NN1. The van der Waals surface area contributed by atoms with E-state index in [1.165, 1.54) is 0 Å². The number of hydrazine groups is 1. The summed E-state index contributed by atoms with van der Waals surface area (Å²) in [5.74, 6) is -0.222. The number of carbonyl (C=O) groups is 2. The quantitative estimate of drug-likeness (QED) is 0.670. The Bertz CT molecular complexity index is 717. The minimum Gasteiger partial charge on any atom is -0.324 e. The molecular formula is C17H20N4O2S. The van der Waals surface area contributed by atoms with Crippen molar-refractivity contribution in [2.24, 2.45) is 0 Å². The zero-order valence-electron chi connectivity index (χ0n) is 13.3. The molecule has 7 heteroatoms. The van der Waals surface area contributed by atoms with Gasteiger partial charge in [0.05, 0.1) is 17.8 Å². The maximum Gasteiger partial charge on any atom is 0.242 e. The highest BCUT2D eigenvalue weighted by molar-refractivity contribution is 7.10. The molecule has 0 saturated carbocycles. The van der Waals surface area contributed by atoms with Gasteiger partial charge in [-0.25, -0.2) is 5.43 Å². The molecule has 3 rings (SSSR count). The van der Waals surface area contributed by atoms with Crippen LogP contribution in [0.1, 0.15) is 18.2 Å². The number of carbonyl (C=O) groups excluding carboxylic acids is 2. The van der Waals surface area contributed by atoms with Crippen LogP contribution >= 0.6 is 11.3 Å². The molecule has 1 aliphatic rings. The van der Waals surface area contributed by atoms with Gasteiger partial charge in [-0.05, 0) is 36.9 Å². The zero-order chi connectivity index (χ0) is 16.9. The van der Waals surface area contributed by atoms with E-state index in [-0.39, 0.29) is 23.9 Å². The fourth-order valence-electron chi connectivity index (χ4n) is 2.57. The molecule has 2 unspecified atom stereocenters. The van der Waals surface area contributed by atoms with Crippen LogP contribution in [0.4, 0.5) is 11.4 Å². The van der Waals surface area contributed by atoms with Gasteiger partial charge in [-0.15, -0.1) is 11.3 Å². The van der Waals surface area contributed by atoms with E-state index in [0.29, 0.717) is 17.8 Å². The highest BCUT2D eigenvalue weighted by Crippen LogP contribution is 2.22. The lowest BCUT2D eigenvalue weighted by Crippen LogP contribution is -2.40. The van der Waals surface area contributed by atoms with Crippen molar-refractivity contribution < 1.29 is 9.59 Å². The van der Waals surface area contributed by atoms with Crippen LogP contribution in [0.25, 0.3) is 0 Å². The Balaban J connectivity index is 1.64. The van der Waals surface area contributed by atoms with Crippen molar-refractivity contribution in [2.45, 2.75) is 31.8 Å². The third kappa shape index (κ3) is 4.19. The molecule has 0 aliphatic carbocycles. The summed E-state index contributed by atoms with van der Waals surface area (Å²) in [7, 11) is 0. The van der Waals surface area contributed by atoms with Crippen molar-refractivity contribution in [3.63, 3.8) is 0 Å². The number of thiophene rings is 1. The second-order valence-corrected chi connectivity index (χ2v) is 6.85. The molecule has 4 N–H and O–H groups in total. The number of hydrogen-bond acceptors (Lipinski definition) is 5. The number of para-hydroxylation sites is 2. The van der Waals surface area contributed by atoms with Gasteiger partial charge in [0.25, 0.3) is 0 Å². The minimum absolute atomic E-state index is 0.103. The van der Waals surface area contributed by atoms with Crippen LogP contribution in [0.15, 0.2) is 41.8 Å². The lowest BCUT2D eigenvalue weighted by Gasteiger charge is -2.14. The van der Waals surface area contributed by atoms with Gasteiger partial charge >= 0.3 is 0 Å². The van der Waals surface area contributed by atoms with Crippen LogP contribution < -0.4 is 21.5 Å². The molecule has 2 amide bonds. The number of anilines is 2. The highest BCUT2D eigenvalue weighted by atomic mass is 32.1. The van der Waals surface area contributed by atoms with Gasteiger partial charge in [0, 0.05) is 10.9 Å². The van der Waals surface area contributed by atoms with Gasteiger partial charge in [0.15, 0.2) is 0 Å². The van der Waals surface area contributed by atoms with Crippen molar-refractivity contribution in [1.82, 2.24) is 10.9 Å². The van der Waals surface area contributed by atoms with Gasteiger partial charge in [-0.1, -0.05) is 18.2 Å². The molecule has 2 aromatic rings. The molecule has 2 atom stereocenters. The second kappa shape index (κ2) is 7.57. The zero-order valence-corrected chi connectivity index (χ0v) is 14.2. The van der Waals surface area contributed by atoms with Crippen LogP contribution in [-0.4, -0.2) is 23.9 Å². The molecule has 1 aliphatic heterocycles. The highest BCUT2D eigenvalue weighted by Gasteiger charge is 2.27. The monoisotopic (exact) mass is 344 g/mol. The van der Waals surface area contributed by atoms with E-state index in [2.05, 4.69) is 21.5 Å². The Morgan fingerprint density at radius 3 is 2.50 bits per heavy atom. The fraction of sp³-hybridized carbons (Fsp3) is 0.294. The van der Waals surface area contributed by atoms with Crippen LogP contribution in [0.5, 0.6) is 0 Å². The topological polar surface area (TPSA) is 82.3 Å². The van der Waals surface area contributed by atoms with Gasteiger partial charge < -0.3 is 10.6 Å². The average molecular weight is 344 g/mol. The molecule has 1 aromatic carbocycles. The normalized spacial score (nSPS) is 19.9. The van der Waals surface area contributed by atoms with Gasteiger partial charge in [0.1, 0.15) is 6.04 Å². The first kappa shape index (κ1) is 16.6. The van der Waals surface area contributed by atoms with Crippen LogP contribution in [-0.2, 0) is 16.0 Å². The molecular weight excluding hydrogens is 324 g/mol. The number of rotatable bonds is 5. The maximum atomic E-state index is 12.3. The molecule has 24 heavy (non-hydrogen) atoms. The van der Waals surface area contributed by atoms with E-state index < -0.39 is 0 Å². The first-order valence-corrected chi connectivity index (χ1v) is 8.73. The molecule has 1 fully saturated rings. The van der Waals surface area contributed by atoms with Crippen molar-refractivity contribution in [2.75, 3.05) is 10.6 Å². The fourth-order valence-corrected chi connectivity index (χ4v) is 3.28. The molecule has 0 bridgehead atoms. The molecule has 1 saturated heterocycles. The predicted octanol–water partition coefficient (Wildman–Crippen LogP) is 2.12. The van der Waals surface area contributed by atoms with E-state index in [0.717, 1.165) is 11.3 Å². The van der Waals surface area contributed by atoms with Crippen molar-refractivity contribution in [3.05, 3.63) is 46.7 Å². The standard InChI is InChI=1S/C17H20N4O2S/c1-11-9-15(21-20-11)17(23)19-14-7-3-2-6-13(14)18-16(22)10-12-5-4-8-24-12/h2-8,11,15,20-21H,9-10H2,1H3,(H,18,22)(H,19,23). The summed E-state index contributed by atoms with van der Waals surface area (Å²) in [4.78, 5) is 25.5. The molecule has 0 spiro atoms. The third-order valence-electron chi connectivity index (χ3n) is 3.78. The Labute approximate surface area is 144 Å². The summed E-state index contributed by atoms with van der Waals surface area (Å²) >= 11 is 1.55. The average Bonchev–Trinajstić information content (AvgIpc) is 3.21. The van der Waals surface area contributed by atoms with Crippen LogP contribution in [0.2, 0.25) is 0 Å². The molecule has 126 valence electrons. The van der Waals surface area contributed by atoms with E-state index in [1.54, 1.807) is 23.5 Å². The summed E-state index contributed by atoms with van der Waals surface area (Å²) in [5.41, 5.74) is 7.20. The van der Waals surface area contributed by atoms with Crippen LogP contribution in [0.3, 0.4) is 0 Å². The van der Waals surface area contributed by atoms with Gasteiger partial charge in [-0.3, -0.25) is 15.0 Å². The summed E-state index contributed by atoms with van der Waals surface area (Å²) in [5, 5.41) is 7.70. The summed E-state index contributed by atoms with van der Waals surface area (Å²) in [6, 6.07) is 11.0. The van der Waals surface area contributed by atoms with Gasteiger partial charge in [0.2, 0.25) is 11.8 Å². The second-order valence-electron chi connectivity index (χ2n) is 5.82. The van der Waals surface area contributed by atoms with Crippen molar-refractivity contribution >= 4 is 34.5 Å². The predicted molar refractivity (Wildman–Crippen MR) is 95.9 cm³/mol. The Morgan fingerprint density at radius 1 is 1.12 bits per heavy atom. The molecule has 6 nitrogen and oxygen atoms in total. The summed E-state index contributed by atoms with van der Waals surface area (Å²) in [6.07, 6.45) is 1.05. The Hall–Kier alpha value is -2.22. The number of hydrogen-bond donors (Lipinski definition) is 4. The lowest BCUT2D eigenvalue weighted by molar-refractivity contribution is -0.118. The van der Waals surface area contributed by atoms with Crippen LogP contribution in [0, 0.1) is 0 Å². The van der Waals surface area contributed by atoms with E-state index in [9.17, 15) is 9.59 Å². The van der Waals surface area contributed by atoms with E-state index >= 15 is 0 Å². The maximum absolute atomic E-state index is 12.3. The number of amides is 2. The number of nitrogens with one attached hydrogen (secondary N) is 4. The smallest absolute Gasteiger partial charge is 0.242 e.